The Morgan fingerprint density at radius 1 is 0.698 bits per heavy atom. The molecule has 224 valence electrons. The normalized spacial score (nSPS) is 12.6. The van der Waals surface area contributed by atoms with E-state index in [1.54, 1.807) is 0 Å². The van der Waals surface area contributed by atoms with Crippen molar-refractivity contribution in [3.63, 3.8) is 0 Å². The Bertz CT molecular complexity index is 1430. The molecule has 0 radical (unpaired) electrons. The Kier molecular flexibility index (Phi) is 13.3. The van der Waals surface area contributed by atoms with E-state index in [-0.39, 0.29) is 25.7 Å². The molecule has 0 nitrogen and oxygen atoms in total. The van der Waals surface area contributed by atoms with Crippen LogP contribution < -0.4 is 0 Å². The summed E-state index contributed by atoms with van der Waals surface area (Å²) in [5, 5.41) is 0. The van der Waals surface area contributed by atoms with E-state index in [9.17, 15) is 0 Å². The third-order valence-electron chi connectivity index (χ3n) is 7.46. The van der Waals surface area contributed by atoms with Gasteiger partial charge in [0.25, 0.3) is 0 Å². The van der Waals surface area contributed by atoms with Gasteiger partial charge in [0, 0.05) is 0 Å². The second-order valence-electron chi connectivity index (χ2n) is 12.9. The first-order valence-corrected chi connectivity index (χ1v) is 15.8. The van der Waals surface area contributed by atoms with Crippen LogP contribution in [0.3, 0.4) is 0 Å². The minimum absolute atomic E-state index is 0. The SMILES string of the molecule is CC(C)(C)c1[c-]c2c(cc1)-c1ccc(C(C)(C)C)cc1C2.CC1=CC[C-]=C1.[CH3-].[CH3-].[Zr]=[C](c1ccccc1)c1ccccc1. The predicted octanol–water partition coefficient (Wildman–Crippen LogP) is 11.1. The molecule has 6 rings (SSSR count). The molecule has 0 saturated carbocycles. The Hall–Kier alpha value is -2.89. The number of hydrogen-bond acceptors (Lipinski definition) is 0. The van der Waals surface area contributed by atoms with Gasteiger partial charge in [-0.05, 0) is 28.4 Å². The Morgan fingerprint density at radius 2 is 1.26 bits per heavy atom. The van der Waals surface area contributed by atoms with Crippen LogP contribution in [0.25, 0.3) is 11.1 Å². The summed E-state index contributed by atoms with van der Waals surface area (Å²) in [5.74, 6) is 0. The molecule has 0 bridgehead atoms. The van der Waals surface area contributed by atoms with Crippen molar-refractivity contribution in [3.05, 3.63) is 169 Å². The zero-order chi connectivity index (χ0) is 29.6. The van der Waals surface area contributed by atoms with E-state index in [4.69, 9.17) is 0 Å². The van der Waals surface area contributed by atoms with Crippen LogP contribution >= 0.6 is 0 Å². The van der Waals surface area contributed by atoms with Gasteiger partial charge in [-0.1, -0.05) is 65.3 Å². The number of rotatable bonds is 2. The van der Waals surface area contributed by atoms with Crippen LogP contribution in [-0.4, -0.2) is 3.21 Å². The zero-order valence-electron chi connectivity index (χ0n) is 27.7. The molecule has 0 heterocycles. The van der Waals surface area contributed by atoms with Crippen molar-refractivity contribution in [2.24, 2.45) is 0 Å². The van der Waals surface area contributed by atoms with Crippen molar-refractivity contribution in [1.82, 2.24) is 0 Å². The second-order valence-corrected chi connectivity index (χ2v) is 14.1. The van der Waals surface area contributed by atoms with E-state index in [1.807, 2.05) is 6.08 Å². The van der Waals surface area contributed by atoms with E-state index >= 15 is 0 Å². The average Bonchev–Trinajstić information content (AvgIpc) is 3.59. The number of allylic oxidation sites excluding steroid dienone is 4. The molecule has 0 fully saturated rings. The van der Waals surface area contributed by atoms with Crippen molar-refractivity contribution in [2.45, 2.75) is 72.1 Å². The number of benzene rings is 4. The Morgan fingerprint density at radius 3 is 1.70 bits per heavy atom. The Balaban J connectivity index is 0.000000253. The molecule has 0 amide bonds. The summed E-state index contributed by atoms with van der Waals surface area (Å²) in [6, 6.07) is 36.3. The van der Waals surface area contributed by atoms with Crippen LogP contribution in [0, 0.1) is 27.0 Å². The molecular formula is C42H48Zr-4. The number of hydrogen-bond donors (Lipinski definition) is 0. The fourth-order valence-corrected chi connectivity index (χ4v) is 5.72. The molecular weight excluding hydrogens is 596 g/mol. The van der Waals surface area contributed by atoms with Crippen LogP contribution in [0.1, 0.15) is 88.3 Å². The first-order valence-electron chi connectivity index (χ1n) is 14.6. The van der Waals surface area contributed by atoms with E-state index in [2.05, 4.69) is 158 Å². The van der Waals surface area contributed by atoms with Crippen molar-refractivity contribution in [1.29, 1.82) is 0 Å². The molecule has 0 aliphatic heterocycles. The standard InChI is InChI=1S/C21H25.C13H10.C6H7.2CH3.Zr/c1-20(2,3)16-7-9-18-14(12-16)11-15-13-17(21(4,5)6)8-10-19(15)18;1-3-7-12(8-4-1)11-13-9-5-2-6-10-13;1-6-4-2-3-5-6;;;/h7-10,12H,11H2,1-6H3;1-10H;4-5H,2H2,1H3;2*1H3;/q-1;;3*-1;. The zero-order valence-corrected chi connectivity index (χ0v) is 30.2. The van der Waals surface area contributed by atoms with Crippen molar-refractivity contribution in [2.75, 3.05) is 0 Å². The maximum atomic E-state index is 3.67. The van der Waals surface area contributed by atoms with Gasteiger partial charge < -0.3 is 14.9 Å². The van der Waals surface area contributed by atoms with E-state index in [1.165, 1.54) is 77.5 Å². The van der Waals surface area contributed by atoms with Gasteiger partial charge in [0.1, 0.15) is 0 Å². The molecule has 0 saturated heterocycles. The summed E-state index contributed by atoms with van der Waals surface area (Å²) < 4.78 is 1.42. The topological polar surface area (TPSA) is 0 Å². The van der Waals surface area contributed by atoms with Gasteiger partial charge in [-0.15, -0.1) is 24.5 Å². The average molecular weight is 644 g/mol. The molecule has 0 spiro atoms. The molecule has 0 aromatic heterocycles. The molecule has 0 atom stereocenters. The molecule has 2 aliphatic rings. The van der Waals surface area contributed by atoms with Crippen LogP contribution in [0.2, 0.25) is 0 Å². The molecule has 4 aromatic rings. The van der Waals surface area contributed by atoms with Gasteiger partial charge in [0.2, 0.25) is 0 Å². The van der Waals surface area contributed by atoms with Crippen molar-refractivity contribution >= 4 is 3.21 Å². The van der Waals surface area contributed by atoms with Crippen LogP contribution in [0.15, 0.2) is 109 Å². The molecule has 2 aliphatic carbocycles. The molecule has 4 aromatic carbocycles. The molecule has 0 unspecified atom stereocenters. The van der Waals surface area contributed by atoms with Crippen molar-refractivity contribution < 1.29 is 24.2 Å². The van der Waals surface area contributed by atoms with Gasteiger partial charge >= 0.3 is 99.2 Å². The van der Waals surface area contributed by atoms with Crippen LogP contribution in [0.4, 0.5) is 0 Å². The minimum atomic E-state index is 0. The van der Waals surface area contributed by atoms with Crippen LogP contribution in [-0.2, 0) is 41.5 Å². The van der Waals surface area contributed by atoms with E-state index in [0.29, 0.717) is 0 Å². The van der Waals surface area contributed by atoms with Gasteiger partial charge in [-0.3, -0.25) is 6.08 Å². The number of fused-ring (bicyclic) bond motifs is 3. The quantitative estimate of drug-likeness (QED) is 0.168. The van der Waals surface area contributed by atoms with Gasteiger partial charge in [0.15, 0.2) is 0 Å². The molecule has 0 N–H and O–H groups in total. The van der Waals surface area contributed by atoms with Crippen LogP contribution in [0.5, 0.6) is 0 Å². The van der Waals surface area contributed by atoms with Gasteiger partial charge in [0.05, 0.1) is 0 Å². The summed E-state index contributed by atoms with van der Waals surface area (Å²) in [7, 11) is 0. The summed E-state index contributed by atoms with van der Waals surface area (Å²) >= 11 is 1.46. The summed E-state index contributed by atoms with van der Waals surface area (Å²) in [4.78, 5) is 0. The third-order valence-corrected chi connectivity index (χ3v) is 8.88. The Labute approximate surface area is 278 Å². The van der Waals surface area contributed by atoms with Gasteiger partial charge in [-0.25, -0.2) is 11.6 Å². The van der Waals surface area contributed by atoms with E-state index < -0.39 is 0 Å². The summed E-state index contributed by atoms with van der Waals surface area (Å²) in [5.41, 5.74) is 12.7. The second kappa shape index (κ2) is 15.7. The maximum absolute atomic E-state index is 3.67. The fourth-order valence-electron chi connectivity index (χ4n) is 4.90. The predicted molar refractivity (Wildman–Crippen MR) is 186 cm³/mol. The van der Waals surface area contributed by atoms with Gasteiger partial charge in [-0.2, -0.15) is 29.8 Å². The summed E-state index contributed by atoms with van der Waals surface area (Å²) in [6.07, 6.45) is 9.27. The first-order chi connectivity index (χ1) is 19.4. The third kappa shape index (κ3) is 9.81. The van der Waals surface area contributed by atoms with E-state index in [0.717, 1.165) is 12.8 Å². The fraction of sp³-hybridized carbons (Fsp3) is 0.262. The van der Waals surface area contributed by atoms with Crippen molar-refractivity contribution in [3.8, 4) is 11.1 Å². The monoisotopic (exact) mass is 642 g/mol. The molecule has 43 heavy (non-hydrogen) atoms. The molecule has 1 heteroatoms. The first kappa shape index (κ1) is 36.3. The summed E-state index contributed by atoms with van der Waals surface area (Å²) in [6.45, 7) is 15.7.